The molecule has 1 aromatic carbocycles. The first-order chi connectivity index (χ1) is 11.2. The van der Waals surface area contributed by atoms with Crippen molar-refractivity contribution in [2.45, 2.75) is 50.1 Å². The van der Waals surface area contributed by atoms with Crippen LogP contribution in [-0.4, -0.2) is 37.5 Å². The van der Waals surface area contributed by atoms with E-state index in [0.717, 1.165) is 0 Å². The first-order valence-corrected chi connectivity index (χ1v) is 9.33. The third-order valence-electron chi connectivity index (χ3n) is 3.93. The van der Waals surface area contributed by atoms with Gasteiger partial charge in [0.15, 0.2) is 0 Å². The molecule has 0 spiro atoms. The fourth-order valence-electron chi connectivity index (χ4n) is 2.77. The number of benzene rings is 1. The average molecular weight is 354 g/mol. The molecule has 7 nitrogen and oxygen atoms in total. The topological polar surface area (TPSA) is 113 Å². The second-order valence-electron chi connectivity index (χ2n) is 6.32. The maximum absolute atomic E-state index is 12.2. The normalized spacial score (nSPS) is 21.0. The summed E-state index contributed by atoms with van der Waals surface area (Å²) in [6.45, 7) is 3.46. The van der Waals surface area contributed by atoms with E-state index in [1.54, 1.807) is 13.8 Å². The second kappa shape index (κ2) is 7.31. The molecule has 132 valence electrons. The summed E-state index contributed by atoms with van der Waals surface area (Å²) in [6.07, 6.45) is 1.61. The highest BCUT2D eigenvalue weighted by molar-refractivity contribution is 7.89. The Labute approximate surface area is 141 Å². The van der Waals surface area contributed by atoms with Crippen molar-refractivity contribution in [1.82, 2.24) is 10.0 Å². The van der Waals surface area contributed by atoms with E-state index in [0.29, 0.717) is 24.8 Å². The molecule has 0 unspecified atom stereocenters. The lowest BCUT2D eigenvalue weighted by atomic mass is 10.1. The lowest BCUT2D eigenvalue weighted by Gasteiger charge is -2.13. The van der Waals surface area contributed by atoms with Crippen LogP contribution in [-0.2, 0) is 14.8 Å². The molecule has 0 aromatic heterocycles. The van der Waals surface area contributed by atoms with Gasteiger partial charge in [0, 0.05) is 17.6 Å². The van der Waals surface area contributed by atoms with Crippen molar-refractivity contribution in [3.63, 3.8) is 0 Å². The zero-order valence-electron chi connectivity index (χ0n) is 13.7. The number of carboxylic acid groups (broad SMARTS) is 1. The fraction of sp³-hybridized carbons (Fsp3) is 0.500. The Balaban J connectivity index is 2.01. The van der Waals surface area contributed by atoms with Crippen molar-refractivity contribution < 1.29 is 23.1 Å². The fourth-order valence-corrected chi connectivity index (χ4v) is 4.02. The van der Waals surface area contributed by atoms with E-state index in [9.17, 15) is 18.0 Å². The predicted octanol–water partition coefficient (Wildman–Crippen LogP) is 1.36. The largest absolute Gasteiger partial charge is 0.481 e. The molecule has 1 aliphatic carbocycles. The monoisotopic (exact) mass is 354 g/mol. The number of aliphatic carboxylic acids is 1. The Morgan fingerprint density at radius 2 is 1.79 bits per heavy atom. The zero-order valence-corrected chi connectivity index (χ0v) is 14.5. The van der Waals surface area contributed by atoms with Gasteiger partial charge >= 0.3 is 5.97 Å². The Hall–Kier alpha value is -1.93. The third kappa shape index (κ3) is 4.55. The van der Waals surface area contributed by atoms with Crippen molar-refractivity contribution in [3.05, 3.63) is 29.8 Å². The maximum Gasteiger partial charge on any atom is 0.306 e. The number of hydrogen-bond acceptors (Lipinski definition) is 4. The van der Waals surface area contributed by atoms with E-state index in [2.05, 4.69) is 10.0 Å². The predicted molar refractivity (Wildman–Crippen MR) is 88.1 cm³/mol. The molecule has 0 saturated heterocycles. The van der Waals surface area contributed by atoms with Gasteiger partial charge in [-0.05, 0) is 57.4 Å². The van der Waals surface area contributed by atoms with Crippen LogP contribution in [0.15, 0.2) is 29.2 Å². The molecule has 1 saturated carbocycles. The van der Waals surface area contributed by atoms with Gasteiger partial charge < -0.3 is 10.4 Å². The average Bonchev–Trinajstić information content (AvgIpc) is 2.95. The van der Waals surface area contributed by atoms with E-state index >= 15 is 0 Å². The molecular weight excluding hydrogens is 332 g/mol. The quantitative estimate of drug-likeness (QED) is 0.714. The first kappa shape index (κ1) is 18.4. The van der Waals surface area contributed by atoms with Gasteiger partial charge in [0.05, 0.1) is 10.8 Å². The van der Waals surface area contributed by atoms with Crippen LogP contribution in [0.5, 0.6) is 0 Å². The zero-order chi connectivity index (χ0) is 17.9. The highest BCUT2D eigenvalue weighted by Gasteiger charge is 2.30. The molecule has 2 rings (SSSR count). The molecule has 8 heteroatoms. The molecule has 24 heavy (non-hydrogen) atoms. The van der Waals surface area contributed by atoms with Gasteiger partial charge in [-0.25, -0.2) is 13.1 Å². The van der Waals surface area contributed by atoms with Crippen LogP contribution in [0.1, 0.15) is 43.5 Å². The molecule has 0 radical (unpaired) electrons. The lowest BCUT2D eigenvalue weighted by molar-refractivity contribution is -0.141. The Morgan fingerprint density at radius 1 is 1.17 bits per heavy atom. The van der Waals surface area contributed by atoms with E-state index in [1.165, 1.54) is 24.3 Å². The minimum atomic E-state index is -3.59. The molecule has 1 amide bonds. The molecule has 1 fully saturated rings. The van der Waals surface area contributed by atoms with Crippen molar-refractivity contribution in [2.24, 2.45) is 5.92 Å². The first-order valence-electron chi connectivity index (χ1n) is 7.85. The van der Waals surface area contributed by atoms with Gasteiger partial charge in [0.25, 0.3) is 5.91 Å². The number of carboxylic acids is 1. The van der Waals surface area contributed by atoms with Crippen molar-refractivity contribution in [3.8, 4) is 0 Å². The Morgan fingerprint density at radius 3 is 2.29 bits per heavy atom. The number of nitrogens with one attached hydrogen (secondary N) is 2. The van der Waals surface area contributed by atoms with Gasteiger partial charge in [-0.2, -0.15) is 0 Å². The van der Waals surface area contributed by atoms with Crippen LogP contribution in [0, 0.1) is 5.92 Å². The van der Waals surface area contributed by atoms with Gasteiger partial charge in [0.2, 0.25) is 10.0 Å². The molecule has 0 bridgehead atoms. The van der Waals surface area contributed by atoms with Gasteiger partial charge in [-0.3, -0.25) is 9.59 Å². The highest BCUT2D eigenvalue weighted by atomic mass is 32.2. The maximum atomic E-state index is 12.2. The summed E-state index contributed by atoms with van der Waals surface area (Å²) in [4.78, 5) is 23.2. The van der Waals surface area contributed by atoms with Gasteiger partial charge in [-0.1, -0.05) is 0 Å². The highest BCUT2D eigenvalue weighted by Crippen LogP contribution is 2.26. The van der Waals surface area contributed by atoms with Gasteiger partial charge in [-0.15, -0.1) is 0 Å². The number of hydrogen-bond donors (Lipinski definition) is 3. The summed E-state index contributed by atoms with van der Waals surface area (Å²) in [5.74, 6) is -1.57. The van der Waals surface area contributed by atoms with E-state index in [-0.39, 0.29) is 22.9 Å². The van der Waals surface area contributed by atoms with Crippen molar-refractivity contribution in [1.29, 1.82) is 0 Å². The SMILES string of the molecule is CC(C)NS(=O)(=O)c1ccc(C(=O)N[C@@H]2CC[C@H](C(=O)O)C2)cc1. The van der Waals surface area contributed by atoms with E-state index in [1.807, 2.05) is 0 Å². The van der Waals surface area contributed by atoms with E-state index < -0.39 is 21.9 Å². The number of sulfonamides is 1. The summed E-state index contributed by atoms with van der Waals surface area (Å²) in [5, 5.41) is 11.8. The summed E-state index contributed by atoms with van der Waals surface area (Å²) < 4.78 is 26.5. The molecule has 2 atom stereocenters. The van der Waals surface area contributed by atoms with Crippen molar-refractivity contribution in [2.75, 3.05) is 0 Å². The van der Waals surface area contributed by atoms with Crippen LogP contribution in [0.3, 0.4) is 0 Å². The number of carbonyl (C=O) groups is 2. The molecule has 0 aliphatic heterocycles. The summed E-state index contributed by atoms with van der Waals surface area (Å²) in [7, 11) is -3.59. The minimum Gasteiger partial charge on any atom is -0.481 e. The molecule has 3 N–H and O–H groups in total. The number of carbonyl (C=O) groups excluding carboxylic acids is 1. The smallest absolute Gasteiger partial charge is 0.306 e. The molecular formula is C16H22N2O5S. The lowest BCUT2D eigenvalue weighted by Crippen LogP contribution is -2.33. The second-order valence-corrected chi connectivity index (χ2v) is 8.03. The summed E-state index contributed by atoms with van der Waals surface area (Å²) >= 11 is 0. The van der Waals surface area contributed by atoms with Crippen molar-refractivity contribution >= 4 is 21.9 Å². The minimum absolute atomic E-state index is 0.0968. The molecule has 1 aromatic rings. The van der Waals surface area contributed by atoms with Crippen LogP contribution in [0.25, 0.3) is 0 Å². The molecule has 1 aliphatic rings. The van der Waals surface area contributed by atoms with Gasteiger partial charge in [0.1, 0.15) is 0 Å². The van der Waals surface area contributed by atoms with Crippen LogP contribution in [0.4, 0.5) is 0 Å². The number of rotatable bonds is 6. The third-order valence-corrected chi connectivity index (χ3v) is 5.61. The Kier molecular flexibility index (Phi) is 5.61. The summed E-state index contributed by atoms with van der Waals surface area (Å²) in [5.41, 5.74) is 0.345. The van der Waals surface area contributed by atoms with Crippen LogP contribution < -0.4 is 10.0 Å². The van der Waals surface area contributed by atoms with Crippen LogP contribution in [0.2, 0.25) is 0 Å². The summed E-state index contributed by atoms with van der Waals surface area (Å²) in [6, 6.07) is 5.29. The van der Waals surface area contributed by atoms with E-state index in [4.69, 9.17) is 5.11 Å². The standard InChI is InChI=1S/C16H22N2O5S/c1-10(2)18-24(22,23)14-7-4-11(5-8-14)15(19)17-13-6-3-12(9-13)16(20)21/h4-5,7-8,10,12-13,18H,3,6,9H2,1-2H3,(H,17,19)(H,20,21)/t12-,13+/m0/s1. The van der Waals surface area contributed by atoms with Crippen LogP contribution >= 0.6 is 0 Å². The molecule has 0 heterocycles. The Bertz CT molecular complexity index is 712. The number of amides is 1.